The molecule has 0 spiro atoms. The molecule has 4 aromatic carbocycles. The predicted molar refractivity (Wildman–Crippen MR) is 117 cm³/mol. The highest BCUT2D eigenvalue weighted by Crippen LogP contribution is 2.36. The van der Waals surface area contributed by atoms with E-state index < -0.39 is 0 Å². The van der Waals surface area contributed by atoms with Crippen molar-refractivity contribution in [1.29, 1.82) is 0 Å². The SMILES string of the molecule is C(=Cc1ccccc1-c1c[nH]c2ccc3ccccc3c12)c1ccccc1. The first kappa shape index (κ1) is 15.7. The summed E-state index contributed by atoms with van der Waals surface area (Å²) in [6, 6.07) is 31.9. The average Bonchev–Trinajstić information content (AvgIpc) is 3.18. The third-order valence-corrected chi connectivity index (χ3v) is 5.08. The van der Waals surface area contributed by atoms with Gasteiger partial charge >= 0.3 is 0 Å². The van der Waals surface area contributed by atoms with Crippen LogP contribution in [0.4, 0.5) is 0 Å². The van der Waals surface area contributed by atoms with Crippen LogP contribution in [0.1, 0.15) is 11.1 Å². The van der Waals surface area contributed by atoms with Crippen LogP contribution >= 0.6 is 0 Å². The molecule has 5 rings (SSSR count). The second-order valence-electron chi connectivity index (χ2n) is 6.74. The smallest absolute Gasteiger partial charge is 0.0466 e. The Morgan fingerprint density at radius 3 is 2.30 bits per heavy atom. The molecule has 0 bridgehead atoms. The number of rotatable bonds is 3. The lowest BCUT2D eigenvalue weighted by Gasteiger charge is -2.07. The first-order valence-corrected chi connectivity index (χ1v) is 9.21. The third-order valence-electron chi connectivity index (χ3n) is 5.08. The molecule has 1 heteroatoms. The van der Waals surface area contributed by atoms with Gasteiger partial charge in [0.05, 0.1) is 0 Å². The minimum atomic E-state index is 1.17. The van der Waals surface area contributed by atoms with Crippen LogP contribution in [0.15, 0.2) is 97.2 Å². The third kappa shape index (κ3) is 2.84. The second kappa shape index (κ2) is 6.62. The van der Waals surface area contributed by atoms with Crippen LogP contribution in [0, 0.1) is 0 Å². The molecule has 0 unspecified atom stereocenters. The Labute approximate surface area is 158 Å². The van der Waals surface area contributed by atoms with Gasteiger partial charge in [0.25, 0.3) is 0 Å². The lowest BCUT2D eigenvalue weighted by molar-refractivity contribution is 1.47. The number of H-pyrrole nitrogens is 1. The summed E-state index contributed by atoms with van der Waals surface area (Å²) in [6.07, 6.45) is 6.51. The lowest BCUT2D eigenvalue weighted by atomic mass is 9.95. The molecule has 1 heterocycles. The fraction of sp³-hybridized carbons (Fsp3) is 0. The zero-order chi connectivity index (χ0) is 18.1. The molecule has 0 aliphatic heterocycles. The van der Waals surface area contributed by atoms with E-state index in [1.165, 1.54) is 43.9 Å². The average molecular weight is 345 g/mol. The highest BCUT2D eigenvalue weighted by molar-refractivity contribution is 6.14. The van der Waals surface area contributed by atoms with Crippen LogP contribution in [-0.4, -0.2) is 4.98 Å². The molecule has 0 saturated carbocycles. The zero-order valence-electron chi connectivity index (χ0n) is 14.9. The predicted octanol–water partition coefficient (Wildman–Crippen LogP) is 7.16. The minimum absolute atomic E-state index is 1.17. The first-order valence-electron chi connectivity index (χ1n) is 9.21. The molecule has 128 valence electrons. The van der Waals surface area contributed by atoms with Crippen LogP contribution in [0.25, 0.3) is 45.0 Å². The zero-order valence-corrected chi connectivity index (χ0v) is 14.9. The Bertz CT molecular complexity index is 1260. The highest BCUT2D eigenvalue weighted by atomic mass is 14.7. The molecule has 0 aliphatic carbocycles. The number of benzene rings is 4. The number of aromatic amines is 1. The first-order chi connectivity index (χ1) is 13.4. The van der Waals surface area contributed by atoms with Gasteiger partial charge in [0.1, 0.15) is 0 Å². The molecule has 0 radical (unpaired) electrons. The Morgan fingerprint density at radius 1 is 0.593 bits per heavy atom. The molecule has 1 aromatic heterocycles. The summed E-state index contributed by atoms with van der Waals surface area (Å²) in [5.41, 5.74) is 6.08. The van der Waals surface area contributed by atoms with Gasteiger partial charge in [-0.15, -0.1) is 0 Å². The summed E-state index contributed by atoms with van der Waals surface area (Å²) >= 11 is 0. The number of fused-ring (bicyclic) bond motifs is 3. The van der Waals surface area contributed by atoms with Crippen LogP contribution in [0.5, 0.6) is 0 Å². The van der Waals surface area contributed by atoms with Crippen molar-refractivity contribution in [3.8, 4) is 11.1 Å². The lowest BCUT2D eigenvalue weighted by Crippen LogP contribution is -1.83. The number of nitrogens with one attached hydrogen (secondary N) is 1. The topological polar surface area (TPSA) is 15.8 Å². The molecule has 27 heavy (non-hydrogen) atoms. The van der Waals surface area contributed by atoms with Gasteiger partial charge in [-0.1, -0.05) is 97.1 Å². The fourth-order valence-electron chi connectivity index (χ4n) is 3.75. The van der Waals surface area contributed by atoms with Gasteiger partial charge < -0.3 is 4.98 Å². The van der Waals surface area contributed by atoms with Gasteiger partial charge in [-0.2, -0.15) is 0 Å². The van der Waals surface area contributed by atoms with Crippen LogP contribution in [-0.2, 0) is 0 Å². The Morgan fingerprint density at radius 2 is 1.37 bits per heavy atom. The van der Waals surface area contributed by atoms with E-state index in [9.17, 15) is 0 Å². The maximum Gasteiger partial charge on any atom is 0.0466 e. The molecule has 1 N–H and O–H groups in total. The van der Waals surface area contributed by atoms with Crippen molar-refractivity contribution in [1.82, 2.24) is 4.98 Å². The molecular formula is C26H19N. The summed E-state index contributed by atoms with van der Waals surface area (Å²) in [7, 11) is 0. The molecule has 0 fully saturated rings. The normalized spacial score (nSPS) is 11.6. The van der Waals surface area contributed by atoms with E-state index in [0.717, 1.165) is 0 Å². The van der Waals surface area contributed by atoms with Gasteiger partial charge in [0.2, 0.25) is 0 Å². The van der Waals surface area contributed by atoms with Crippen LogP contribution < -0.4 is 0 Å². The van der Waals surface area contributed by atoms with Crippen molar-refractivity contribution >= 4 is 33.8 Å². The second-order valence-corrected chi connectivity index (χ2v) is 6.74. The van der Waals surface area contributed by atoms with E-state index >= 15 is 0 Å². The van der Waals surface area contributed by atoms with Gasteiger partial charge in [-0.3, -0.25) is 0 Å². The monoisotopic (exact) mass is 345 g/mol. The van der Waals surface area contributed by atoms with Gasteiger partial charge in [-0.25, -0.2) is 0 Å². The maximum absolute atomic E-state index is 3.46. The van der Waals surface area contributed by atoms with E-state index in [-0.39, 0.29) is 0 Å². The fourth-order valence-corrected chi connectivity index (χ4v) is 3.75. The van der Waals surface area contributed by atoms with E-state index in [2.05, 4.69) is 108 Å². The van der Waals surface area contributed by atoms with Crippen molar-refractivity contribution in [2.24, 2.45) is 0 Å². The minimum Gasteiger partial charge on any atom is -0.361 e. The number of hydrogen-bond donors (Lipinski definition) is 1. The number of hydrogen-bond acceptors (Lipinski definition) is 0. The molecule has 5 aromatic rings. The standard InChI is InChI=1S/C26H19N/c1-2-8-19(9-3-1)14-15-20-10-4-6-12-22(20)24-18-27-25-17-16-21-11-5-7-13-23(21)26(24)25/h1-18,27H. The summed E-state index contributed by atoms with van der Waals surface area (Å²) in [4.78, 5) is 3.46. The van der Waals surface area contributed by atoms with Crippen LogP contribution in [0.3, 0.4) is 0 Å². The van der Waals surface area contributed by atoms with Crippen molar-refractivity contribution in [3.63, 3.8) is 0 Å². The summed E-state index contributed by atoms with van der Waals surface area (Å²) in [5, 5.41) is 3.84. The van der Waals surface area contributed by atoms with E-state index in [1.54, 1.807) is 0 Å². The molecule has 0 aliphatic rings. The summed E-state index contributed by atoms with van der Waals surface area (Å²) in [6.45, 7) is 0. The largest absolute Gasteiger partial charge is 0.361 e. The summed E-state index contributed by atoms with van der Waals surface area (Å²) in [5.74, 6) is 0. The van der Waals surface area contributed by atoms with E-state index in [1.807, 2.05) is 6.07 Å². The molecular weight excluding hydrogens is 326 g/mol. The molecule has 0 amide bonds. The number of aromatic nitrogens is 1. The summed E-state index contributed by atoms with van der Waals surface area (Å²) < 4.78 is 0. The molecule has 0 saturated heterocycles. The van der Waals surface area contributed by atoms with Crippen molar-refractivity contribution in [2.45, 2.75) is 0 Å². The van der Waals surface area contributed by atoms with Gasteiger partial charge in [-0.05, 0) is 33.5 Å². The highest BCUT2D eigenvalue weighted by Gasteiger charge is 2.11. The van der Waals surface area contributed by atoms with Gasteiger partial charge in [0.15, 0.2) is 0 Å². The van der Waals surface area contributed by atoms with Crippen molar-refractivity contribution in [2.75, 3.05) is 0 Å². The Balaban J connectivity index is 1.70. The maximum atomic E-state index is 3.46. The van der Waals surface area contributed by atoms with Gasteiger partial charge in [0, 0.05) is 22.7 Å². The van der Waals surface area contributed by atoms with E-state index in [4.69, 9.17) is 0 Å². The molecule has 1 nitrogen and oxygen atoms in total. The van der Waals surface area contributed by atoms with Crippen molar-refractivity contribution < 1.29 is 0 Å². The Hall–Kier alpha value is -3.58. The van der Waals surface area contributed by atoms with Crippen molar-refractivity contribution in [3.05, 3.63) is 108 Å². The Kier molecular flexibility index (Phi) is 3.84. The molecule has 0 atom stereocenters. The van der Waals surface area contributed by atoms with Crippen LogP contribution in [0.2, 0.25) is 0 Å². The quantitative estimate of drug-likeness (QED) is 0.334. The van der Waals surface area contributed by atoms with E-state index in [0.29, 0.717) is 0 Å².